The molecule has 0 aliphatic rings. The number of carbonyl (C=O) groups is 1. The van der Waals surface area contributed by atoms with E-state index in [1.807, 2.05) is 0 Å². The van der Waals surface area contributed by atoms with Gasteiger partial charge in [-0.1, -0.05) is 0 Å². The number of alkyl halides is 2. The zero-order chi connectivity index (χ0) is 7.65. The molecule has 0 bridgehead atoms. The van der Waals surface area contributed by atoms with Crippen LogP contribution in [0.25, 0.3) is 0 Å². The second-order valence-corrected chi connectivity index (χ2v) is 1.59. The van der Waals surface area contributed by atoms with Gasteiger partial charge in [0.05, 0.1) is 0 Å². The Morgan fingerprint density at radius 3 is 2.11 bits per heavy atom. The molecule has 54 valence electrons. The number of aliphatic hydroxyl groups excluding tert-OH is 1. The molecule has 0 fully saturated rings. The summed E-state index contributed by atoms with van der Waals surface area (Å²) in [5.74, 6) is -6.70. The normalized spacial score (nSPS) is 15.1. The van der Waals surface area contributed by atoms with Gasteiger partial charge in [0.1, 0.15) is 12.1 Å². The van der Waals surface area contributed by atoms with Crippen LogP contribution in [0.3, 0.4) is 0 Å². The number of hydrogen-bond acceptors (Lipinski definition) is 3. The Morgan fingerprint density at radius 2 is 2.11 bits per heavy atom. The van der Waals surface area contributed by atoms with Gasteiger partial charge in [-0.05, 0) is 6.92 Å². The van der Waals surface area contributed by atoms with Crippen LogP contribution in [0.5, 0.6) is 0 Å². The van der Waals surface area contributed by atoms with Gasteiger partial charge in [-0.25, -0.2) is 0 Å². The third-order valence-corrected chi connectivity index (χ3v) is 0.797. The molecule has 1 unspecified atom stereocenters. The zero-order valence-electron chi connectivity index (χ0n) is 4.60. The van der Waals surface area contributed by atoms with Crippen molar-refractivity contribution in [2.45, 2.75) is 19.0 Å². The minimum Gasteiger partial charge on any atom is -0.544 e. The van der Waals surface area contributed by atoms with E-state index in [-0.39, 0.29) is 0 Å². The molecular formula is C4H5F2O3-. The van der Waals surface area contributed by atoms with Crippen LogP contribution in [0.1, 0.15) is 6.92 Å². The van der Waals surface area contributed by atoms with Crippen LogP contribution in [-0.2, 0) is 4.79 Å². The maximum Gasteiger partial charge on any atom is 0.312 e. The van der Waals surface area contributed by atoms with Crippen LogP contribution in [0.2, 0.25) is 0 Å². The lowest BCUT2D eigenvalue weighted by atomic mass is 10.2. The Labute approximate surface area is 49.9 Å². The SMILES string of the molecule is CC(O)C(F)(F)C(=O)[O-]. The second-order valence-electron chi connectivity index (χ2n) is 1.59. The molecule has 5 heteroatoms. The van der Waals surface area contributed by atoms with E-state index < -0.39 is 18.0 Å². The molecule has 0 aliphatic heterocycles. The third kappa shape index (κ3) is 1.60. The van der Waals surface area contributed by atoms with Gasteiger partial charge in [-0.15, -0.1) is 0 Å². The summed E-state index contributed by atoms with van der Waals surface area (Å²) >= 11 is 0. The average Bonchev–Trinajstić information content (AvgIpc) is 1.65. The molecular weight excluding hydrogens is 134 g/mol. The van der Waals surface area contributed by atoms with E-state index in [9.17, 15) is 18.7 Å². The Morgan fingerprint density at radius 1 is 1.78 bits per heavy atom. The lowest BCUT2D eigenvalue weighted by Gasteiger charge is -2.19. The summed E-state index contributed by atoms with van der Waals surface area (Å²) in [6.07, 6.45) is -2.21. The molecule has 0 amide bonds. The number of carboxylic acids is 1. The molecule has 3 nitrogen and oxygen atoms in total. The maximum atomic E-state index is 11.8. The number of aliphatic carboxylic acids is 1. The van der Waals surface area contributed by atoms with Gasteiger partial charge in [0.15, 0.2) is 0 Å². The van der Waals surface area contributed by atoms with Crippen LogP contribution in [-0.4, -0.2) is 23.1 Å². The van der Waals surface area contributed by atoms with E-state index in [4.69, 9.17) is 5.11 Å². The Hall–Kier alpha value is -0.710. The summed E-state index contributed by atoms with van der Waals surface area (Å²) in [7, 11) is 0. The summed E-state index contributed by atoms with van der Waals surface area (Å²) in [5.41, 5.74) is 0. The Kier molecular flexibility index (Phi) is 2.08. The van der Waals surface area contributed by atoms with Gasteiger partial charge in [0.25, 0.3) is 0 Å². The minimum absolute atomic E-state index is 0.676. The van der Waals surface area contributed by atoms with Crippen LogP contribution in [0.15, 0.2) is 0 Å². The van der Waals surface area contributed by atoms with Crippen molar-refractivity contribution in [2.24, 2.45) is 0 Å². The first-order valence-corrected chi connectivity index (χ1v) is 2.16. The number of hydrogen-bond donors (Lipinski definition) is 1. The molecule has 0 heterocycles. The number of halogens is 2. The fraction of sp³-hybridized carbons (Fsp3) is 0.750. The number of carboxylic acid groups (broad SMARTS) is 1. The van der Waals surface area contributed by atoms with Crippen LogP contribution >= 0.6 is 0 Å². The summed E-state index contributed by atoms with van der Waals surface area (Å²) in [6, 6.07) is 0. The number of carbonyl (C=O) groups excluding carboxylic acids is 1. The lowest BCUT2D eigenvalue weighted by Crippen LogP contribution is -2.48. The van der Waals surface area contributed by atoms with Gasteiger partial charge in [-0.3, -0.25) is 0 Å². The highest BCUT2D eigenvalue weighted by atomic mass is 19.3. The molecule has 0 aromatic heterocycles. The van der Waals surface area contributed by atoms with Crippen LogP contribution < -0.4 is 5.11 Å². The van der Waals surface area contributed by atoms with Crippen molar-refractivity contribution >= 4 is 5.97 Å². The summed E-state index contributed by atoms with van der Waals surface area (Å²) in [4.78, 5) is 9.44. The van der Waals surface area contributed by atoms with Gasteiger partial charge in [-0.2, -0.15) is 8.78 Å². The van der Waals surface area contributed by atoms with Gasteiger partial charge < -0.3 is 15.0 Å². The monoisotopic (exact) mass is 139 g/mol. The first-order chi connectivity index (χ1) is 3.89. The van der Waals surface area contributed by atoms with E-state index in [1.54, 1.807) is 0 Å². The molecule has 0 aromatic carbocycles. The largest absolute Gasteiger partial charge is 0.544 e. The Bertz CT molecular complexity index is 121. The van der Waals surface area contributed by atoms with Crippen molar-refractivity contribution in [1.82, 2.24) is 0 Å². The van der Waals surface area contributed by atoms with Crippen molar-refractivity contribution in [3.8, 4) is 0 Å². The van der Waals surface area contributed by atoms with E-state index in [1.165, 1.54) is 0 Å². The predicted molar refractivity (Wildman–Crippen MR) is 21.6 cm³/mol. The molecule has 0 aromatic rings. The number of aliphatic hydroxyl groups is 1. The smallest absolute Gasteiger partial charge is 0.312 e. The summed E-state index contributed by atoms with van der Waals surface area (Å²) in [5, 5.41) is 17.5. The fourth-order valence-corrected chi connectivity index (χ4v) is 0.171. The van der Waals surface area contributed by atoms with Crippen molar-refractivity contribution < 1.29 is 23.8 Å². The molecule has 0 saturated heterocycles. The highest BCUT2D eigenvalue weighted by Gasteiger charge is 2.36. The maximum absolute atomic E-state index is 11.8. The van der Waals surface area contributed by atoms with E-state index in [0.29, 0.717) is 6.92 Å². The van der Waals surface area contributed by atoms with Crippen LogP contribution in [0, 0.1) is 0 Å². The van der Waals surface area contributed by atoms with Crippen molar-refractivity contribution in [1.29, 1.82) is 0 Å². The first-order valence-electron chi connectivity index (χ1n) is 2.16. The fourth-order valence-electron chi connectivity index (χ4n) is 0.171. The van der Waals surface area contributed by atoms with E-state index in [2.05, 4.69) is 0 Å². The quantitative estimate of drug-likeness (QED) is 0.520. The topological polar surface area (TPSA) is 60.4 Å². The lowest BCUT2D eigenvalue weighted by molar-refractivity contribution is -0.335. The van der Waals surface area contributed by atoms with Gasteiger partial charge in [0, 0.05) is 0 Å². The van der Waals surface area contributed by atoms with Crippen LogP contribution in [0.4, 0.5) is 8.78 Å². The molecule has 0 radical (unpaired) electrons. The third-order valence-electron chi connectivity index (χ3n) is 0.797. The molecule has 9 heavy (non-hydrogen) atoms. The van der Waals surface area contributed by atoms with Crippen molar-refractivity contribution in [3.05, 3.63) is 0 Å². The predicted octanol–water partition coefficient (Wildman–Crippen LogP) is -1.25. The molecule has 1 atom stereocenters. The highest BCUT2D eigenvalue weighted by Crippen LogP contribution is 2.16. The summed E-state index contributed by atoms with van der Waals surface area (Å²) < 4.78 is 23.5. The second kappa shape index (κ2) is 2.26. The molecule has 0 saturated carbocycles. The average molecular weight is 139 g/mol. The molecule has 0 spiro atoms. The standard InChI is InChI=1S/C4H6F2O3/c1-2(7)4(5,6)3(8)9/h2,7H,1H3,(H,8,9)/p-1. The van der Waals surface area contributed by atoms with Crippen molar-refractivity contribution in [2.75, 3.05) is 0 Å². The molecule has 0 aliphatic carbocycles. The van der Waals surface area contributed by atoms with Gasteiger partial charge >= 0.3 is 5.92 Å². The summed E-state index contributed by atoms with van der Waals surface area (Å²) in [6.45, 7) is 0.676. The van der Waals surface area contributed by atoms with Crippen molar-refractivity contribution in [3.63, 3.8) is 0 Å². The van der Waals surface area contributed by atoms with E-state index in [0.717, 1.165) is 0 Å². The minimum atomic E-state index is -4.14. The number of rotatable bonds is 2. The first kappa shape index (κ1) is 8.29. The van der Waals surface area contributed by atoms with E-state index >= 15 is 0 Å². The molecule has 1 N–H and O–H groups in total. The highest BCUT2D eigenvalue weighted by molar-refractivity contribution is 5.73. The Balaban J connectivity index is 4.19. The van der Waals surface area contributed by atoms with Gasteiger partial charge in [0.2, 0.25) is 0 Å². The molecule has 0 rings (SSSR count). The zero-order valence-corrected chi connectivity index (χ0v) is 4.60.